The summed E-state index contributed by atoms with van der Waals surface area (Å²) in [4.78, 5) is 12.0. The molecule has 0 amide bonds. The molecule has 0 aliphatic heterocycles. The van der Waals surface area contributed by atoms with E-state index in [0.29, 0.717) is 15.6 Å². The lowest BCUT2D eigenvalue weighted by Gasteiger charge is -2.00. The third-order valence-corrected chi connectivity index (χ3v) is 3.23. The predicted octanol–water partition coefficient (Wildman–Crippen LogP) is 3.07. The highest BCUT2D eigenvalue weighted by molar-refractivity contribution is 6.42. The van der Waals surface area contributed by atoms with Crippen LogP contribution in [0.5, 0.6) is 0 Å². The molecule has 0 aliphatic rings. The van der Waals surface area contributed by atoms with Gasteiger partial charge in [-0.15, -0.1) is 0 Å². The fraction of sp³-hybridized carbons (Fsp3) is 0.0769. The molecule has 18 heavy (non-hydrogen) atoms. The summed E-state index contributed by atoms with van der Waals surface area (Å²) in [5.74, 6) is -0.0274. The third kappa shape index (κ3) is 2.81. The molecule has 1 heterocycles. The maximum atomic E-state index is 12.0. The summed E-state index contributed by atoms with van der Waals surface area (Å²) in [5, 5.41) is 0.829. The number of carbonyl (C=O) groups excluding carboxylic acids is 1. The molecule has 0 fully saturated rings. The molecule has 0 radical (unpaired) electrons. The van der Waals surface area contributed by atoms with E-state index in [0.717, 1.165) is 0 Å². The number of Topliss-reactive ketones (excluding diaryl/α,β-unsaturated/α-hetero) is 1. The Morgan fingerprint density at radius 2 is 2.17 bits per heavy atom. The Morgan fingerprint density at radius 1 is 1.39 bits per heavy atom. The van der Waals surface area contributed by atoms with Gasteiger partial charge in [-0.05, 0) is 18.2 Å². The van der Waals surface area contributed by atoms with E-state index in [-0.39, 0.29) is 12.3 Å². The van der Waals surface area contributed by atoms with Gasteiger partial charge in [-0.25, -0.2) is 9.13 Å². The van der Waals surface area contributed by atoms with Crippen molar-refractivity contribution in [3.8, 4) is 0 Å². The SMILES string of the molecule is C=Cn1cc[n+](CC(=O)c2ccc(Cl)c(Cl)c2)c1. The van der Waals surface area contributed by atoms with Gasteiger partial charge in [-0.2, -0.15) is 0 Å². The number of benzene rings is 1. The van der Waals surface area contributed by atoms with Gasteiger partial charge in [0.2, 0.25) is 12.1 Å². The van der Waals surface area contributed by atoms with Crippen molar-refractivity contribution in [1.82, 2.24) is 4.57 Å². The number of nitrogens with zero attached hydrogens (tertiary/aromatic N) is 2. The smallest absolute Gasteiger partial charge is 0.248 e. The summed E-state index contributed by atoms with van der Waals surface area (Å²) in [6.45, 7) is 3.88. The third-order valence-electron chi connectivity index (χ3n) is 2.49. The molecule has 0 spiro atoms. The number of hydrogen-bond donors (Lipinski definition) is 0. The first kappa shape index (κ1) is 12.9. The Bertz CT molecular complexity index is 605. The molecule has 2 aromatic rings. The van der Waals surface area contributed by atoms with Crippen molar-refractivity contribution in [2.75, 3.05) is 0 Å². The van der Waals surface area contributed by atoms with Crippen LogP contribution in [0.4, 0.5) is 0 Å². The average Bonchev–Trinajstić information content (AvgIpc) is 2.80. The van der Waals surface area contributed by atoms with Gasteiger partial charge in [0.05, 0.1) is 16.2 Å². The average molecular weight is 282 g/mol. The van der Waals surface area contributed by atoms with Crippen molar-refractivity contribution in [3.05, 3.63) is 59.1 Å². The van der Waals surface area contributed by atoms with Crippen LogP contribution in [0.2, 0.25) is 10.0 Å². The Morgan fingerprint density at radius 3 is 2.78 bits per heavy atom. The van der Waals surface area contributed by atoms with Crippen molar-refractivity contribution in [2.24, 2.45) is 0 Å². The van der Waals surface area contributed by atoms with Gasteiger partial charge in [0.15, 0.2) is 6.54 Å². The second-order valence-electron chi connectivity index (χ2n) is 3.77. The van der Waals surface area contributed by atoms with E-state index in [1.165, 1.54) is 0 Å². The minimum atomic E-state index is -0.0274. The molecule has 0 atom stereocenters. The van der Waals surface area contributed by atoms with Crippen LogP contribution in [-0.2, 0) is 6.54 Å². The molecular weight excluding hydrogens is 271 g/mol. The fourth-order valence-electron chi connectivity index (χ4n) is 1.54. The molecule has 0 saturated heterocycles. The molecule has 0 N–H and O–H groups in total. The Labute approximate surface area is 115 Å². The van der Waals surface area contributed by atoms with Gasteiger partial charge in [0.1, 0.15) is 12.4 Å². The quantitative estimate of drug-likeness (QED) is 0.625. The molecular formula is C13H11Cl2N2O+. The molecule has 3 nitrogen and oxygen atoms in total. The lowest BCUT2D eigenvalue weighted by molar-refractivity contribution is -0.682. The largest absolute Gasteiger partial charge is 0.290 e. The first-order chi connectivity index (χ1) is 8.60. The Balaban J connectivity index is 2.16. The summed E-state index contributed by atoms with van der Waals surface area (Å²) in [7, 11) is 0. The van der Waals surface area contributed by atoms with Crippen LogP contribution in [0.3, 0.4) is 0 Å². The summed E-state index contributed by atoms with van der Waals surface area (Å²) in [6.07, 6.45) is 7.05. The summed E-state index contributed by atoms with van der Waals surface area (Å²) >= 11 is 11.7. The number of carbonyl (C=O) groups is 1. The summed E-state index contributed by atoms with van der Waals surface area (Å²) in [5.41, 5.74) is 0.545. The normalized spacial score (nSPS) is 10.3. The van der Waals surface area contributed by atoms with E-state index in [1.807, 2.05) is 6.20 Å². The highest BCUT2D eigenvalue weighted by Crippen LogP contribution is 2.22. The van der Waals surface area contributed by atoms with Gasteiger partial charge in [0.25, 0.3) is 0 Å². The van der Waals surface area contributed by atoms with E-state index in [1.54, 1.807) is 46.1 Å². The second kappa shape index (κ2) is 5.38. The van der Waals surface area contributed by atoms with Crippen LogP contribution in [0.15, 0.2) is 43.5 Å². The van der Waals surface area contributed by atoms with E-state index in [4.69, 9.17) is 23.2 Å². The number of ketones is 1. The molecule has 0 unspecified atom stereocenters. The monoisotopic (exact) mass is 281 g/mol. The van der Waals surface area contributed by atoms with E-state index >= 15 is 0 Å². The predicted molar refractivity (Wildman–Crippen MR) is 71.8 cm³/mol. The number of rotatable bonds is 4. The van der Waals surface area contributed by atoms with E-state index in [2.05, 4.69) is 6.58 Å². The lowest BCUT2D eigenvalue weighted by atomic mass is 10.1. The van der Waals surface area contributed by atoms with Crippen molar-refractivity contribution in [2.45, 2.75) is 6.54 Å². The molecule has 1 aromatic carbocycles. The van der Waals surface area contributed by atoms with Crippen LogP contribution >= 0.6 is 23.2 Å². The van der Waals surface area contributed by atoms with Crippen LogP contribution in [0.1, 0.15) is 10.4 Å². The molecule has 5 heteroatoms. The molecule has 92 valence electrons. The molecule has 0 aliphatic carbocycles. The number of aromatic nitrogens is 2. The molecule has 0 saturated carbocycles. The van der Waals surface area contributed by atoms with Gasteiger partial charge in [0, 0.05) is 5.56 Å². The number of hydrogen-bond acceptors (Lipinski definition) is 1. The summed E-state index contributed by atoms with van der Waals surface area (Å²) in [6, 6.07) is 4.87. The highest BCUT2D eigenvalue weighted by Gasteiger charge is 2.12. The topological polar surface area (TPSA) is 25.9 Å². The van der Waals surface area contributed by atoms with Crippen molar-refractivity contribution in [3.63, 3.8) is 0 Å². The van der Waals surface area contributed by atoms with Crippen molar-refractivity contribution < 1.29 is 9.36 Å². The summed E-state index contributed by atoms with van der Waals surface area (Å²) < 4.78 is 3.54. The fourth-order valence-corrected chi connectivity index (χ4v) is 1.84. The van der Waals surface area contributed by atoms with Gasteiger partial charge < -0.3 is 0 Å². The van der Waals surface area contributed by atoms with Crippen LogP contribution in [0.25, 0.3) is 6.20 Å². The van der Waals surface area contributed by atoms with Gasteiger partial charge in [-0.1, -0.05) is 29.8 Å². The first-order valence-electron chi connectivity index (χ1n) is 5.27. The maximum Gasteiger partial charge on any atom is 0.248 e. The van der Waals surface area contributed by atoms with Crippen LogP contribution in [-0.4, -0.2) is 10.4 Å². The molecule has 0 bridgehead atoms. The minimum Gasteiger partial charge on any atom is -0.290 e. The molecule has 1 aromatic heterocycles. The lowest BCUT2D eigenvalue weighted by Crippen LogP contribution is -2.35. The van der Waals surface area contributed by atoms with Crippen LogP contribution < -0.4 is 4.57 Å². The standard InChI is InChI=1S/C13H11Cl2N2O/c1-2-16-5-6-17(9-16)8-13(18)10-3-4-11(14)12(15)7-10/h2-7,9H,1,8H2/q+1. The number of imidazole rings is 1. The Kier molecular flexibility index (Phi) is 3.84. The van der Waals surface area contributed by atoms with E-state index < -0.39 is 0 Å². The van der Waals surface area contributed by atoms with Crippen molar-refractivity contribution in [1.29, 1.82) is 0 Å². The minimum absolute atomic E-state index is 0.0274. The van der Waals surface area contributed by atoms with Gasteiger partial charge >= 0.3 is 0 Å². The zero-order valence-corrected chi connectivity index (χ0v) is 11.0. The van der Waals surface area contributed by atoms with E-state index in [9.17, 15) is 4.79 Å². The number of halogens is 2. The highest BCUT2D eigenvalue weighted by atomic mass is 35.5. The second-order valence-corrected chi connectivity index (χ2v) is 4.58. The van der Waals surface area contributed by atoms with Crippen LogP contribution in [0, 0.1) is 0 Å². The maximum absolute atomic E-state index is 12.0. The first-order valence-corrected chi connectivity index (χ1v) is 6.03. The zero-order chi connectivity index (χ0) is 13.1. The van der Waals surface area contributed by atoms with Crippen molar-refractivity contribution >= 4 is 35.2 Å². The zero-order valence-electron chi connectivity index (χ0n) is 9.51. The Hall–Kier alpha value is -1.58. The van der Waals surface area contributed by atoms with Gasteiger partial charge in [-0.3, -0.25) is 4.79 Å². The molecule has 2 rings (SSSR count).